The number of aryl methyl sites for hydroxylation is 1. The topological polar surface area (TPSA) is 96.5 Å². The largest absolute Gasteiger partial charge is 0.388 e. The van der Waals surface area contributed by atoms with E-state index in [0.29, 0.717) is 12.2 Å². The Morgan fingerprint density at radius 3 is 2.55 bits per heavy atom. The van der Waals surface area contributed by atoms with E-state index in [2.05, 4.69) is 0 Å². The fraction of sp³-hybridized carbons (Fsp3) is 0.462. The molecule has 0 aliphatic carbocycles. The van der Waals surface area contributed by atoms with Crippen LogP contribution in [-0.2, 0) is 14.8 Å². The molecule has 0 spiro atoms. The van der Waals surface area contributed by atoms with E-state index in [1.54, 1.807) is 31.2 Å². The summed E-state index contributed by atoms with van der Waals surface area (Å²) in [4.78, 5) is 0.277. The molecule has 1 aromatic carbocycles. The highest BCUT2D eigenvalue weighted by molar-refractivity contribution is 7.89. The highest BCUT2D eigenvalue weighted by Gasteiger charge is 2.25. The van der Waals surface area contributed by atoms with E-state index in [9.17, 15) is 8.42 Å². The first kappa shape index (κ1) is 16.6. The Morgan fingerprint density at radius 2 is 2.00 bits per heavy atom. The van der Waals surface area contributed by atoms with Gasteiger partial charge in [-0.15, -0.1) is 0 Å². The zero-order chi connectivity index (χ0) is 15.2. The molecule has 20 heavy (non-hydrogen) atoms. The molecule has 0 bridgehead atoms. The Morgan fingerprint density at radius 1 is 1.35 bits per heavy atom. The first-order valence-electron chi connectivity index (χ1n) is 6.27. The number of hydrogen-bond acceptors (Lipinski definition) is 4. The molecule has 6 nitrogen and oxygen atoms in total. The molecular weight excluding hydrogens is 278 g/mol. The molecule has 0 saturated heterocycles. The fourth-order valence-corrected chi connectivity index (χ4v) is 3.43. The molecule has 0 unspecified atom stereocenters. The van der Waals surface area contributed by atoms with Gasteiger partial charge in [0.1, 0.15) is 0 Å². The van der Waals surface area contributed by atoms with Crippen molar-refractivity contribution < 1.29 is 13.2 Å². The number of amidine groups is 1. The summed E-state index contributed by atoms with van der Waals surface area (Å²) in [6, 6.07) is 6.83. The van der Waals surface area contributed by atoms with E-state index >= 15 is 0 Å². The normalized spacial score (nSPS) is 11.8. The Kier molecular flexibility index (Phi) is 6.12. The van der Waals surface area contributed by atoms with E-state index in [0.717, 1.165) is 0 Å². The molecule has 3 N–H and O–H groups in total. The summed E-state index contributed by atoms with van der Waals surface area (Å²) in [5, 5.41) is 7.24. The summed E-state index contributed by atoms with van der Waals surface area (Å²) < 4.78 is 31.5. The number of hydrogen-bond donors (Lipinski definition) is 2. The summed E-state index contributed by atoms with van der Waals surface area (Å²) in [5.41, 5.74) is 6.00. The van der Waals surface area contributed by atoms with Gasteiger partial charge in [0.2, 0.25) is 10.0 Å². The lowest BCUT2D eigenvalue weighted by molar-refractivity contribution is 0.179. The third-order valence-electron chi connectivity index (χ3n) is 2.89. The van der Waals surface area contributed by atoms with Crippen molar-refractivity contribution in [2.45, 2.75) is 18.2 Å². The van der Waals surface area contributed by atoms with E-state index in [-0.39, 0.29) is 30.2 Å². The van der Waals surface area contributed by atoms with Crippen molar-refractivity contribution >= 4 is 15.9 Å². The van der Waals surface area contributed by atoms with Crippen LogP contribution in [0.1, 0.15) is 12.0 Å². The van der Waals surface area contributed by atoms with E-state index in [1.807, 2.05) is 0 Å². The Labute approximate surface area is 120 Å². The molecule has 1 aromatic rings. The van der Waals surface area contributed by atoms with Gasteiger partial charge >= 0.3 is 0 Å². The smallest absolute Gasteiger partial charge is 0.243 e. The lowest BCUT2D eigenvalue weighted by Crippen LogP contribution is -2.36. The molecule has 7 heteroatoms. The predicted molar refractivity (Wildman–Crippen MR) is 78.3 cm³/mol. The maximum Gasteiger partial charge on any atom is 0.243 e. The second-order valence-corrected chi connectivity index (χ2v) is 6.34. The second kappa shape index (κ2) is 7.37. The van der Waals surface area contributed by atoms with Crippen LogP contribution in [0.4, 0.5) is 0 Å². The molecule has 0 amide bonds. The summed E-state index contributed by atoms with van der Waals surface area (Å²) in [7, 11) is -2.08. The SMILES string of the molecule is COCCN(CCC(=N)N)S(=O)(=O)c1ccccc1C. The van der Waals surface area contributed by atoms with Crippen LogP contribution in [0, 0.1) is 12.3 Å². The van der Waals surface area contributed by atoms with Gasteiger partial charge in [-0.3, -0.25) is 5.41 Å². The van der Waals surface area contributed by atoms with Crippen LogP contribution in [-0.4, -0.2) is 45.4 Å². The fourth-order valence-electron chi connectivity index (χ4n) is 1.78. The van der Waals surface area contributed by atoms with E-state index in [4.69, 9.17) is 15.9 Å². The van der Waals surface area contributed by atoms with Crippen LogP contribution in [0.3, 0.4) is 0 Å². The summed E-state index contributed by atoms with van der Waals surface area (Å²) in [6.45, 7) is 2.46. The van der Waals surface area contributed by atoms with Gasteiger partial charge in [0.15, 0.2) is 0 Å². The molecule has 0 atom stereocenters. The monoisotopic (exact) mass is 299 g/mol. The van der Waals surface area contributed by atoms with Crippen molar-refractivity contribution in [1.29, 1.82) is 5.41 Å². The maximum atomic E-state index is 12.6. The summed E-state index contributed by atoms with van der Waals surface area (Å²) in [5.74, 6) is -0.0348. The van der Waals surface area contributed by atoms with Crippen molar-refractivity contribution in [3.05, 3.63) is 29.8 Å². The zero-order valence-electron chi connectivity index (χ0n) is 11.8. The number of nitrogens with zero attached hydrogens (tertiary/aromatic N) is 1. The molecule has 0 radical (unpaired) electrons. The predicted octanol–water partition coefficient (Wildman–Crippen LogP) is 0.958. The molecular formula is C13H21N3O3S. The van der Waals surface area contributed by atoms with Crippen LogP contribution in [0.25, 0.3) is 0 Å². The van der Waals surface area contributed by atoms with E-state index in [1.165, 1.54) is 11.4 Å². The van der Waals surface area contributed by atoms with Crippen molar-refractivity contribution in [3.8, 4) is 0 Å². The third kappa shape index (κ3) is 4.29. The number of nitrogens with two attached hydrogens (primary N) is 1. The lowest BCUT2D eigenvalue weighted by Gasteiger charge is -2.22. The standard InChI is InChI=1S/C13H21N3O3S/c1-11-5-3-4-6-12(11)20(17,18)16(9-10-19-2)8-7-13(14)15/h3-6H,7-10H2,1-2H3,(H3,14,15). The average Bonchev–Trinajstić information content (AvgIpc) is 2.38. The molecule has 0 aromatic heterocycles. The van der Waals surface area contributed by atoms with Gasteiger partial charge in [0.25, 0.3) is 0 Å². The van der Waals surface area contributed by atoms with Crippen molar-refractivity contribution in [2.75, 3.05) is 26.8 Å². The molecule has 0 aliphatic heterocycles. The first-order chi connectivity index (χ1) is 9.39. The number of rotatable bonds is 8. The molecule has 112 valence electrons. The van der Waals surface area contributed by atoms with Crippen LogP contribution in [0.15, 0.2) is 29.2 Å². The van der Waals surface area contributed by atoms with Gasteiger partial charge in [-0.05, 0) is 18.6 Å². The minimum absolute atomic E-state index is 0.0348. The van der Waals surface area contributed by atoms with Crippen LogP contribution < -0.4 is 5.73 Å². The van der Waals surface area contributed by atoms with Gasteiger partial charge in [0, 0.05) is 26.6 Å². The van der Waals surface area contributed by atoms with Crippen molar-refractivity contribution in [2.24, 2.45) is 5.73 Å². The molecule has 0 fully saturated rings. The van der Waals surface area contributed by atoms with Crippen molar-refractivity contribution in [1.82, 2.24) is 4.31 Å². The minimum Gasteiger partial charge on any atom is -0.388 e. The zero-order valence-corrected chi connectivity index (χ0v) is 12.6. The van der Waals surface area contributed by atoms with Crippen LogP contribution in [0.2, 0.25) is 0 Å². The summed E-state index contributed by atoms with van der Waals surface area (Å²) >= 11 is 0. The van der Waals surface area contributed by atoms with Gasteiger partial charge in [-0.25, -0.2) is 8.42 Å². The number of benzene rings is 1. The number of ether oxygens (including phenoxy) is 1. The molecule has 0 heterocycles. The van der Waals surface area contributed by atoms with Crippen molar-refractivity contribution in [3.63, 3.8) is 0 Å². The number of methoxy groups -OCH3 is 1. The molecule has 0 aliphatic rings. The Bertz CT molecular complexity index is 558. The quantitative estimate of drug-likeness (QED) is 0.552. The maximum absolute atomic E-state index is 12.6. The highest BCUT2D eigenvalue weighted by Crippen LogP contribution is 2.19. The minimum atomic E-state index is -3.60. The van der Waals surface area contributed by atoms with E-state index < -0.39 is 10.0 Å². The third-order valence-corrected chi connectivity index (χ3v) is 4.95. The average molecular weight is 299 g/mol. The van der Waals surface area contributed by atoms with Crippen LogP contribution >= 0.6 is 0 Å². The summed E-state index contributed by atoms with van der Waals surface area (Å²) in [6.07, 6.45) is 0.203. The second-order valence-electron chi connectivity index (χ2n) is 4.44. The Balaban J connectivity index is 3.03. The van der Waals surface area contributed by atoms with Gasteiger partial charge < -0.3 is 10.5 Å². The van der Waals surface area contributed by atoms with Crippen LogP contribution in [0.5, 0.6) is 0 Å². The number of nitrogens with one attached hydrogen (secondary N) is 1. The van der Waals surface area contributed by atoms with Gasteiger partial charge in [0.05, 0.1) is 17.3 Å². The number of sulfonamides is 1. The lowest BCUT2D eigenvalue weighted by atomic mass is 10.2. The van der Waals surface area contributed by atoms with Gasteiger partial charge in [-0.1, -0.05) is 18.2 Å². The van der Waals surface area contributed by atoms with Gasteiger partial charge in [-0.2, -0.15) is 4.31 Å². The highest BCUT2D eigenvalue weighted by atomic mass is 32.2. The molecule has 1 rings (SSSR count). The first-order valence-corrected chi connectivity index (χ1v) is 7.71. The molecule has 0 saturated carbocycles. The Hall–Kier alpha value is -1.44.